The zero-order valence-electron chi connectivity index (χ0n) is 14.7. The third kappa shape index (κ3) is 5.70. The second kappa shape index (κ2) is 9.72. The van der Waals surface area contributed by atoms with Crippen molar-refractivity contribution in [3.05, 3.63) is 53.6 Å². The Hall–Kier alpha value is -2.67. The van der Waals surface area contributed by atoms with E-state index in [0.717, 1.165) is 5.75 Å². The number of ether oxygens (including phenoxy) is 2. The molecule has 0 saturated carbocycles. The lowest BCUT2D eigenvalue weighted by Gasteiger charge is -2.12. The molecule has 0 aliphatic rings. The summed E-state index contributed by atoms with van der Waals surface area (Å²) in [6.45, 7) is 1.68. The number of nitrogens with one attached hydrogen (secondary N) is 1. The van der Waals surface area contributed by atoms with Gasteiger partial charge in [0.2, 0.25) is 0 Å². The number of carbonyl (C=O) groups is 2. The number of benzene rings is 2. The number of amides is 1. The first-order valence-corrected chi connectivity index (χ1v) is 9.43. The average molecular weight is 375 g/mol. The SMILES string of the molecule is CCOc1cc(C(=O)Nc2ccc(CSC)cc2)ccc1OCC(=O)O. The van der Waals surface area contributed by atoms with Gasteiger partial charge in [-0.05, 0) is 49.1 Å². The van der Waals surface area contributed by atoms with Crippen LogP contribution >= 0.6 is 11.8 Å². The van der Waals surface area contributed by atoms with Gasteiger partial charge in [0.25, 0.3) is 5.91 Å². The molecule has 0 radical (unpaired) electrons. The molecule has 2 N–H and O–H groups in total. The standard InChI is InChI=1S/C19H21NO5S/c1-3-24-17-10-14(6-9-16(17)25-11-18(21)22)19(23)20-15-7-4-13(5-8-15)12-26-2/h4-10H,3,11-12H2,1-2H3,(H,20,23)(H,21,22). The van der Waals surface area contributed by atoms with Crippen molar-refractivity contribution in [2.24, 2.45) is 0 Å². The molecule has 0 bridgehead atoms. The van der Waals surface area contributed by atoms with Crippen LogP contribution in [0.25, 0.3) is 0 Å². The molecule has 0 saturated heterocycles. The van der Waals surface area contributed by atoms with Crippen LogP contribution in [0.4, 0.5) is 5.69 Å². The summed E-state index contributed by atoms with van der Waals surface area (Å²) >= 11 is 1.73. The molecule has 26 heavy (non-hydrogen) atoms. The summed E-state index contributed by atoms with van der Waals surface area (Å²) in [4.78, 5) is 23.1. The van der Waals surface area contributed by atoms with Crippen LogP contribution in [0.3, 0.4) is 0 Å². The summed E-state index contributed by atoms with van der Waals surface area (Å²) in [5.41, 5.74) is 2.28. The number of carboxylic acid groups (broad SMARTS) is 1. The molecule has 2 rings (SSSR count). The van der Waals surface area contributed by atoms with Gasteiger partial charge in [0, 0.05) is 17.0 Å². The Morgan fingerprint density at radius 1 is 1.08 bits per heavy atom. The van der Waals surface area contributed by atoms with Crippen molar-refractivity contribution in [1.29, 1.82) is 0 Å². The fourth-order valence-corrected chi connectivity index (χ4v) is 2.76. The number of aliphatic carboxylic acids is 1. The van der Waals surface area contributed by atoms with Gasteiger partial charge in [0.05, 0.1) is 6.61 Å². The summed E-state index contributed by atoms with van der Waals surface area (Å²) < 4.78 is 10.6. The minimum atomic E-state index is -1.08. The normalized spacial score (nSPS) is 10.2. The third-order valence-corrected chi connectivity index (χ3v) is 4.00. The lowest BCUT2D eigenvalue weighted by Crippen LogP contribution is -2.13. The zero-order chi connectivity index (χ0) is 18.9. The summed E-state index contributed by atoms with van der Waals surface area (Å²) in [6.07, 6.45) is 2.04. The number of hydrogen-bond acceptors (Lipinski definition) is 5. The third-order valence-electron chi connectivity index (χ3n) is 3.38. The van der Waals surface area contributed by atoms with Crippen molar-refractivity contribution in [3.63, 3.8) is 0 Å². The number of carboxylic acids is 1. The van der Waals surface area contributed by atoms with Crippen LogP contribution in [0, 0.1) is 0 Å². The first-order valence-electron chi connectivity index (χ1n) is 8.04. The van der Waals surface area contributed by atoms with E-state index in [1.807, 2.05) is 30.5 Å². The van der Waals surface area contributed by atoms with Crippen molar-refractivity contribution < 1.29 is 24.2 Å². The van der Waals surface area contributed by atoms with E-state index in [1.54, 1.807) is 24.8 Å². The van der Waals surface area contributed by atoms with Gasteiger partial charge in [-0.2, -0.15) is 11.8 Å². The van der Waals surface area contributed by atoms with Crippen LogP contribution in [0.5, 0.6) is 11.5 Å². The van der Waals surface area contributed by atoms with E-state index in [4.69, 9.17) is 14.6 Å². The van der Waals surface area contributed by atoms with Crippen LogP contribution in [-0.2, 0) is 10.5 Å². The summed E-state index contributed by atoms with van der Waals surface area (Å²) in [5, 5.41) is 11.6. The van der Waals surface area contributed by atoms with E-state index >= 15 is 0 Å². The molecule has 0 aliphatic carbocycles. The Bertz CT molecular complexity index is 761. The molecule has 138 valence electrons. The first kappa shape index (κ1) is 19.7. The molecule has 0 aromatic heterocycles. The van der Waals surface area contributed by atoms with Crippen LogP contribution in [-0.4, -0.2) is 36.5 Å². The second-order valence-corrected chi connectivity index (χ2v) is 6.23. The Labute approximate surface area is 156 Å². The number of carbonyl (C=O) groups excluding carboxylic acids is 1. The van der Waals surface area contributed by atoms with Crippen LogP contribution in [0.15, 0.2) is 42.5 Å². The molecule has 7 heteroatoms. The highest BCUT2D eigenvalue weighted by molar-refractivity contribution is 7.97. The first-order chi connectivity index (χ1) is 12.5. The fraction of sp³-hybridized carbons (Fsp3) is 0.263. The van der Waals surface area contributed by atoms with E-state index in [-0.39, 0.29) is 11.7 Å². The zero-order valence-corrected chi connectivity index (χ0v) is 15.5. The second-order valence-electron chi connectivity index (χ2n) is 5.36. The van der Waals surface area contributed by atoms with Gasteiger partial charge in [0.1, 0.15) is 0 Å². The number of thioether (sulfide) groups is 1. The van der Waals surface area contributed by atoms with Gasteiger partial charge in [-0.3, -0.25) is 4.79 Å². The van der Waals surface area contributed by atoms with E-state index in [1.165, 1.54) is 17.7 Å². The van der Waals surface area contributed by atoms with Crippen molar-refractivity contribution in [1.82, 2.24) is 0 Å². The minimum absolute atomic E-state index is 0.284. The highest BCUT2D eigenvalue weighted by Crippen LogP contribution is 2.29. The van der Waals surface area contributed by atoms with Crippen molar-refractivity contribution in [3.8, 4) is 11.5 Å². The van der Waals surface area contributed by atoms with Crippen molar-refractivity contribution in [2.75, 3.05) is 24.8 Å². The molecular formula is C19H21NO5S. The molecule has 0 aliphatic heterocycles. The van der Waals surface area contributed by atoms with Gasteiger partial charge in [-0.1, -0.05) is 12.1 Å². The van der Waals surface area contributed by atoms with E-state index in [2.05, 4.69) is 5.32 Å². The molecule has 0 unspecified atom stereocenters. The maximum atomic E-state index is 12.5. The Balaban J connectivity index is 2.12. The van der Waals surface area contributed by atoms with Crippen molar-refractivity contribution in [2.45, 2.75) is 12.7 Å². The van der Waals surface area contributed by atoms with E-state index in [0.29, 0.717) is 23.6 Å². The fourth-order valence-electron chi connectivity index (χ4n) is 2.23. The van der Waals surface area contributed by atoms with Gasteiger partial charge in [-0.25, -0.2) is 4.79 Å². The van der Waals surface area contributed by atoms with Gasteiger partial charge in [-0.15, -0.1) is 0 Å². The lowest BCUT2D eigenvalue weighted by molar-refractivity contribution is -0.139. The molecule has 0 fully saturated rings. The van der Waals surface area contributed by atoms with Crippen LogP contribution in [0.1, 0.15) is 22.8 Å². The Morgan fingerprint density at radius 2 is 1.81 bits per heavy atom. The smallest absolute Gasteiger partial charge is 0.341 e. The van der Waals surface area contributed by atoms with E-state index < -0.39 is 12.6 Å². The summed E-state index contributed by atoms with van der Waals surface area (Å²) in [6, 6.07) is 12.3. The maximum absolute atomic E-state index is 12.5. The minimum Gasteiger partial charge on any atom is -0.490 e. The average Bonchev–Trinajstić information content (AvgIpc) is 2.62. The van der Waals surface area contributed by atoms with Crippen LogP contribution < -0.4 is 14.8 Å². The topological polar surface area (TPSA) is 84.9 Å². The van der Waals surface area contributed by atoms with Gasteiger partial charge < -0.3 is 19.9 Å². The Kier molecular flexibility index (Phi) is 7.35. The highest BCUT2D eigenvalue weighted by Gasteiger charge is 2.13. The number of hydrogen-bond donors (Lipinski definition) is 2. The van der Waals surface area contributed by atoms with Gasteiger partial charge in [0.15, 0.2) is 18.1 Å². The summed E-state index contributed by atoms with van der Waals surface area (Å²) in [5.74, 6) is 0.167. The number of anilines is 1. The predicted molar refractivity (Wildman–Crippen MR) is 102 cm³/mol. The summed E-state index contributed by atoms with van der Waals surface area (Å²) in [7, 11) is 0. The largest absolute Gasteiger partial charge is 0.490 e. The highest BCUT2D eigenvalue weighted by atomic mass is 32.2. The van der Waals surface area contributed by atoms with Crippen LogP contribution in [0.2, 0.25) is 0 Å². The number of rotatable bonds is 9. The quantitative estimate of drug-likeness (QED) is 0.696. The maximum Gasteiger partial charge on any atom is 0.341 e. The van der Waals surface area contributed by atoms with Crippen molar-refractivity contribution >= 4 is 29.3 Å². The molecule has 2 aromatic rings. The van der Waals surface area contributed by atoms with Gasteiger partial charge >= 0.3 is 5.97 Å². The Morgan fingerprint density at radius 3 is 2.42 bits per heavy atom. The predicted octanol–water partition coefficient (Wildman–Crippen LogP) is 3.66. The molecule has 6 nitrogen and oxygen atoms in total. The molecule has 0 spiro atoms. The molecule has 0 atom stereocenters. The van der Waals surface area contributed by atoms with E-state index in [9.17, 15) is 9.59 Å². The molecule has 1 amide bonds. The molecular weight excluding hydrogens is 354 g/mol. The molecule has 0 heterocycles. The molecule has 2 aromatic carbocycles. The monoisotopic (exact) mass is 375 g/mol. The lowest BCUT2D eigenvalue weighted by atomic mass is 10.1.